The van der Waals surface area contributed by atoms with E-state index in [1.165, 1.54) is 12.1 Å². The van der Waals surface area contributed by atoms with E-state index < -0.39 is 11.0 Å². The van der Waals surface area contributed by atoms with Crippen LogP contribution in [0.1, 0.15) is 40.2 Å². The zero-order valence-corrected chi connectivity index (χ0v) is 13.2. The Morgan fingerprint density at radius 3 is 2.48 bits per heavy atom. The number of nitrogens with zero attached hydrogens (tertiary/aromatic N) is 1. The quantitative estimate of drug-likeness (QED) is 0.622. The first-order valence-corrected chi connectivity index (χ1v) is 6.97. The van der Waals surface area contributed by atoms with Crippen molar-refractivity contribution in [2.75, 3.05) is 0 Å². The molecule has 21 heavy (non-hydrogen) atoms. The molecule has 0 aliphatic heterocycles. The van der Waals surface area contributed by atoms with Crippen LogP contribution in [0.15, 0.2) is 18.2 Å². The molecule has 0 saturated heterocycles. The van der Waals surface area contributed by atoms with Gasteiger partial charge in [-0.3, -0.25) is 10.1 Å². The summed E-state index contributed by atoms with van der Waals surface area (Å²) in [6.45, 7) is 9.90. The normalized spacial score (nSPS) is 14.6. The lowest BCUT2D eigenvalue weighted by molar-refractivity contribution is -0.384. The molecule has 0 radical (unpaired) electrons. The molecule has 1 aromatic carbocycles. The SMILES string of the molecule is CC(O)C(C)Oc1ccc([N+](=O)[O-])cc1CNC(C)(C)C. The van der Waals surface area contributed by atoms with Crippen molar-refractivity contribution in [1.82, 2.24) is 5.32 Å². The predicted molar refractivity (Wildman–Crippen MR) is 81.5 cm³/mol. The van der Waals surface area contributed by atoms with Gasteiger partial charge in [-0.2, -0.15) is 0 Å². The summed E-state index contributed by atoms with van der Waals surface area (Å²) in [5.41, 5.74) is 0.613. The summed E-state index contributed by atoms with van der Waals surface area (Å²) in [7, 11) is 0. The minimum atomic E-state index is -0.622. The number of aliphatic hydroxyl groups excluding tert-OH is 1. The van der Waals surface area contributed by atoms with Gasteiger partial charge in [0.15, 0.2) is 0 Å². The Morgan fingerprint density at radius 2 is 2.00 bits per heavy atom. The van der Waals surface area contributed by atoms with Gasteiger partial charge < -0.3 is 15.2 Å². The number of ether oxygens (including phenoxy) is 1. The monoisotopic (exact) mass is 296 g/mol. The molecular formula is C15H24N2O4. The van der Waals surface area contributed by atoms with Gasteiger partial charge in [0.05, 0.1) is 11.0 Å². The summed E-state index contributed by atoms with van der Waals surface area (Å²) < 4.78 is 5.69. The van der Waals surface area contributed by atoms with Gasteiger partial charge in [-0.15, -0.1) is 0 Å². The lowest BCUT2D eigenvalue weighted by atomic mass is 10.1. The smallest absolute Gasteiger partial charge is 0.270 e. The van der Waals surface area contributed by atoms with E-state index in [-0.39, 0.29) is 17.3 Å². The fourth-order valence-electron chi connectivity index (χ4n) is 1.59. The number of aliphatic hydroxyl groups is 1. The molecule has 0 spiro atoms. The van der Waals surface area contributed by atoms with Gasteiger partial charge in [-0.05, 0) is 40.7 Å². The molecule has 0 aliphatic carbocycles. The number of nitrogens with one attached hydrogen (secondary N) is 1. The Balaban J connectivity index is 3.02. The van der Waals surface area contributed by atoms with Crippen molar-refractivity contribution in [3.8, 4) is 5.75 Å². The van der Waals surface area contributed by atoms with Crippen molar-refractivity contribution in [3.05, 3.63) is 33.9 Å². The van der Waals surface area contributed by atoms with Crippen LogP contribution in [0.5, 0.6) is 5.75 Å². The third kappa shape index (κ3) is 5.69. The maximum atomic E-state index is 10.9. The van der Waals surface area contributed by atoms with E-state index >= 15 is 0 Å². The second kappa shape index (κ2) is 6.87. The van der Waals surface area contributed by atoms with Crippen LogP contribution in [0.2, 0.25) is 0 Å². The average molecular weight is 296 g/mol. The van der Waals surface area contributed by atoms with E-state index in [1.807, 2.05) is 20.8 Å². The molecule has 6 nitrogen and oxygen atoms in total. The predicted octanol–water partition coefficient (Wildman–Crippen LogP) is 2.63. The van der Waals surface area contributed by atoms with Crippen molar-refractivity contribution in [1.29, 1.82) is 0 Å². The molecule has 0 heterocycles. The molecule has 118 valence electrons. The van der Waals surface area contributed by atoms with Gasteiger partial charge in [0, 0.05) is 29.8 Å². The van der Waals surface area contributed by atoms with Crippen LogP contribution in [0.4, 0.5) is 5.69 Å². The van der Waals surface area contributed by atoms with Crippen LogP contribution in [0.25, 0.3) is 0 Å². The second-order valence-corrected chi connectivity index (χ2v) is 6.22. The molecule has 1 rings (SSSR count). The number of hydrogen-bond acceptors (Lipinski definition) is 5. The van der Waals surface area contributed by atoms with Crippen molar-refractivity contribution < 1.29 is 14.8 Å². The summed E-state index contributed by atoms with van der Waals surface area (Å²) in [6, 6.07) is 4.49. The van der Waals surface area contributed by atoms with Crippen LogP contribution in [-0.2, 0) is 6.54 Å². The Labute approximate surface area is 125 Å². The minimum absolute atomic E-state index is 0.0257. The first-order valence-electron chi connectivity index (χ1n) is 6.97. The van der Waals surface area contributed by atoms with Crippen LogP contribution in [0.3, 0.4) is 0 Å². The summed E-state index contributed by atoms with van der Waals surface area (Å²) in [4.78, 5) is 10.5. The Hall–Kier alpha value is -1.66. The van der Waals surface area contributed by atoms with Crippen LogP contribution in [0, 0.1) is 10.1 Å². The average Bonchev–Trinajstić information content (AvgIpc) is 2.36. The van der Waals surface area contributed by atoms with Crippen molar-refractivity contribution in [3.63, 3.8) is 0 Å². The Bertz CT molecular complexity index is 495. The zero-order valence-electron chi connectivity index (χ0n) is 13.2. The summed E-state index contributed by atoms with van der Waals surface area (Å²) in [5.74, 6) is 0.547. The third-order valence-corrected chi connectivity index (χ3v) is 3.06. The molecule has 1 aromatic rings. The summed E-state index contributed by atoms with van der Waals surface area (Å²) in [5, 5.41) is 23.7. The largest absolute Gasteiger partial charge is 0.488 e. The molecule has 0 aromatic heterocycles. The highest BCUT2D eigenvalue weighted by Crippen LogP contribution is 2.26. The molecule has 0 aliphatic rings. The number of benzene rings is 1. The third-order valence-electron chi connectivity index (χ3n) is 3.06. The molecule has 0 bridgehead atoms. The molecule has 0 fully saturated rings. The molecule has 2 unspecified atom stereocenters. The maximum absolute atomic E-state index is 10.9. The van der Waals surface area contributed by atoms with Crippen LogP contribution in [-0.4, -0.2) is 27.8 Å². The van der Waals surface area contributed by atoms with Gasteiger partial charge in [0.1, 0.15) is 11.9 Å². The van der Waals surface area contributed by atoms with Crippen molar-refractivity contribution >= 4 is 5.69 Å². The van der Waals surface area contributed by atoms with E-state index in [2.05, 4.69) is 5.32 Å². The summed E-state index contributed by atoms with van der Waals surface area (Å²) in [6.07, 6.45) is -1.01. The maximum Gasteiger partial charge on any atom is 0.270 e. The van der Waals surface area contributed by atoms with E-state index in [0.717, 1.165) is 0 Å². The number of nitro groups is 1. The van der Waals surface area contributed by atoms with Gasteiger partial charge in [-0.25, -0.2) is 0 Å². The molecule has 6 heteroatoms. The van der Waals surface area contributed by atoms with Gasteiger partial charge >= 0.3 is 0 Å². The minimum Gasteiger partial charge on any atom is -0.488 e. The fraction of sp³-hybridized carbons (Fsp3) is 0.600. The molecule has 2 N–H and O–H groups in total. The Morgan fingerprint density at radius 1 is 1.38 bits per heavy atom. The standard InChI is InChI=1S/C15H24N2O4/c1-10(18)11(2)21-14-7-6-13(17(19)20)8-12(14)9-16-15(3,4)5/h6-8,10-11,16,18H,9H2,1-5H3. The first-order chi connectivity index (χ1) is 9.60. The van der Waals surface area contributed by atoms with E-state index in [0.29, 0.717) is 17.9 Å². The van der Waals surface area contributed by atoms with Crippen molar-refractivity contribution in [2.45, 2.75) is 58.9 Å². The number of nitro benzene ring substituents is 1. The van der Waals surface area contributed by atoms with Crippen LogP contribution >= 0.6 is 0 Å². The lowest BCUT2D eigenvalue weighted by Gasteiger charge is -2.23. The van der Waals surface area contributed by atoms with E-state index in [4.69, 9.17) is 4.74 Å². The fourth-order valence-corrected chi connectivity index (χ4v) is 1.59. The van der Waals surface area contributed by atoms with E-state index in [1.54, 1.807) is 19.9 Å². The molecule has 0 saturated carbocycles. The topological polar surface area (TPSA) is 84.6 Å². The highest BCUT2D eigenvalue weighted by atomic mass is 16.6. The van der Waals surface area contributed by atoms with Gasteiger partial charge in [0.25, 0.3) is 5.69 Å². The molecular weight excluding hydrogens is 272 g/mol. The summed E-state index contributed by atoms with van der Waals surface area (Å²) >= 11 is 0. The highest BCUT2D eigenvalue weighted by Gasteiger charge is 2.18. The van der Waals surface area contributed by atoms with Crippen molar-refractivity contribution in [2.24, 2.45) is 0 Å². The second-order valence-electron chi connectivity index (χ2n) is 6.22. The Kier molecular flexibility index (Phi) is 5.69. The lowest BCUT2D eigenvalue weighted by Crippen LogP contribution is -2.35. The van der Waals surface area contributed by atoms with Gasteiger partial charge in [0.2, 0.25) is 0 Å². The molecule has 2 atom stereocenters. The number of rotatable bonds is 6. The zero-order chi connectivity index (χ0) is 16.2. The van der Waals surface area contributed by atoms with Crippen LogP contribution < -0.4 is 10.1 Å². The number of non-ortho nitro benzene ring substituents is 1. The highest BCUT2D eigenvalue weighted by molar-refractivity contribution is 5.44. The van der Waals surface area contributed by atoms with E-state index in [9.17, 15) is 15.2 Å². The van der Waals surface area contributed by atoms with Gasteiger partial charge in [-0.1, -0.05) is 0 Å². The number of hydrogen-bond donors (Lipinski definition) is 2. The first kappa shape index (κ1) is 17.4. The molecule has 0 amide bonds.